The number of aliphatic hydroxyl groups is 3. The fourth-order valence-corrected chi connectivity index (χ4v) is 12.4. The molecule has 17 unspecified atom stereocenters. The van der Waals surface area contributed by atoms with E-state index in [0.717, 1.165) is 48.6 Å². The average Bonchev–Trinajstić information content (AvgIpc) is 4.05. The summed E-state index contributed by atoms with van der Waals surface area (Å²) in [4.78, 5) is 30.4. The van der Waals surface area contributed by atoms with Crippen LogP contribution in [-0.4, -0.2) is 118 Å². The summed E-state index contributed by atoms with van der Waals surface area (Å²) in [5, 5.41) is 33.8. The molecule has 0 radical (unpaired) electrons. The zero-order valence-corrected chi connectivity index (χ0v) is 38.8. The van der Waals surface area contributed by atoms with Gasteiger partial charge in [0.25, 0.3) is 0 Å². The number of methoxy groups -OCH3 is 2. The van der Waals surface area contributed by atoms with Gasteiger partial charge in [0.05, 0.1) is 73.6 Å². The van der Waals surface area contributed by atoms with Gasteiger partial charge in [0.2, 0.25) is 0 Å². The zero-order chi connectivity index (χ0) is 44.9. The molecule has 0 amide bonds. The van der Waals surface area contributed by atoms with Crippen molar-refractivity contribution in [3.05, 3.63) is 36.0 Å². The molecule has 18 atom stereocenters. The fraction of sp³-hybridized carbons (Fsp3) is 0.796. The van der Waals surface area contributed by atoms with Gasteiger partial charge in [-0.25, -0.2) is 0 Å². The van der Waals surface area contributed by atoms with Gasteiger partial charge in [0.15, 0.2) is 11.6 Å². The first-order valence-corrected chi connectivity index (χ1v) is 23.4. The number of rotatable bonds is 15. The van der Waals surface area contributed by atoms with E-state index in [2.05, 4.69) is 32.7 Å². The largest absolute Gasteiger partial charge is 0.469 e. The molecule has 62 heavy (non-hydrogen) atoms. The molecule has 1 aromatic carbocycles. The number of hydrogen-bond acceptors (Lipinski definition) is 12. The SMILES string of the molecule is CCC1(C2OC(C3OC(O)(CO)C(C)CC3C)CC2C)CCC(C2(C)CCC3(CC(O)C(C)C(C(C)C(OC)C(C)C(=O)C[C@H](Cc4c[nH]c5ccccc45)C(=O)OC)O3)O2)O1. The first-order chi connectivity index (χ1) is 29.4. The van der Waals surface area contributed by atoms with Crippen LogP contribution in [0.1, 0.15) is 119 Å². The van der Waals surface area contributed by atoms with Gasteiger partial charge in [-0.2, -0.15) is 0 Å². The molecule has 1 spiro atoms. The Morgan fingerprint density at radius 3 is 2.44 bits per heavy atom. The number of carbonyl (C=O) groups excluding carboxylic acids is 2. The minimum Gasteiger partial charge on any atom is -0.469 e. The van der Waals surface area contributed by atoms with Crippen molar-refractivity contribution in [2.24, 2.45) is 41.4 Å². The summed E-state index contributed by atoms with van der Waals surface area (Å²) < 4.78 is 45.7. The smallest absolute Gasteiger partial charge is 0.309 e. The molecule has 6 heterocycles. The van der Waals surface area contributed by atoms with E-state index in [1.807, 2.05) is 58.2 Å². The van der Waals surface area contributed by atoms with Crippen LogP contribution in [0.25, 0.3) is 10.9 Å². The molecule has 4 N–H and O–H groups in total. The van der Waals surface area contributed by atoms with Crippen molar-refractivity contribution >= 4 is 22.7 Å². The maximum absolute atomic E-state index is 14.1. The summed E-state index contributed by atoms with van der Waals surface area (Å²) in [6.45, 7) is 15.9. The lowest BCUT2D eigenvalue weighted by atomic mass is 9.76. The van der Waals surface area contributed by atoms with E-state index < -0.39 is 65.5 Å². The Hall–Kier alpha value is -2.46. The van der Waals surface area contributed by atoms with E-state index in [-0.39, 0.29) is 66.2 Å². The molecule has 0 aliphatic carbocycles. The second-order valence-corrected chi connectivity index (χ2v) is 20.4. The van der Waals surface area contributed by atoms with Gasteiger partial charge >= 0.3 is 5.97 Å². The van der Waals surface area contributed by atoms with Crippen molar-refractivity contribution in [2.45, 2.75) is 185 Å². The molecule has 1 aromatic heterocycles. The Morgan fingerprint density at radius 1 is 1.00 bits per heavy atom. The van der Waals surface area contributed by atoms with Crippen LogP contribution in [0.3, 0.4) is 0 Å². The van der Waals surface area contributed by atoms with Gasteiger partial charge < -0.3 is 53.5 Å². The second kappa shape index (κ2) is 18.4. The third kappa shape index (κ3) is 8.80. The van der Waals surface area contributed by atoms with E-state index in [1.54, 1.807) is 7.11 Å². The van der Waals surface area contributed by atoms with Crippen molar-refractivity contribution in [3.8, 4) is 0 Å². The minimum absolute atomic E-state index is 0.000828. The van der Waals surface area contributed by atoms with Crippen molar-refractivity contribution < 1.29 is 58.1 Å². The molecule has 5 aliphatic heterocycles. The number of ether oxygens (including phenoxy) is 7. The molecule has 13 nitrogen and oxygen atoms in total. The number of carbonyl (C=O) groups is 2. The van der Waals surface area contributed by atoms with Crippen LogP contribution in [0.4, 0.5) is 0 Å². The van der Waals surface area contributed by atoms with E-state index in [1.165, 1.54) is 7.11 Å². The van der Waals surface area contributed by atoms with Crippen LogP contribution in [0.2, 0.25) is 0 Å². The number of esters is 1. The molecular formula is C49H75NO12. The lowest BCUT2D eigenvalue weighted by Crippen LogP contribution is -2.57. The Labute approximate surface area is 368 Å². The number of hydrogen-bond donors (Lipinski definition) is 4. The molecule has 5 fully saturated rings. The minimum atomic E-state index is -1.58. The van der Waals surface area contributed by atoms with Crippen LogP contribution in [0.5, 0.6) is 0 Å². The zero-order valence-electron chi connectivity index (χ0n) is 38.8. The number of para-hydroxylation sites is 1. The van der Waals surface area contributed by atoms with Crippen molar-refractivity contribution in [2.75, 3.05) is 20.8 Å². The van der Waals surface area contributed by atoms with E-state index in [0.29, 0.717) is 25.7 Å². The number of Topliss-reactive ketones (excluding diaryl/α,β-unsaturated/α-hetero) is 1. The van der Waals surface area contributed by atoms with Gasteiger partial charge in [-0.1, -0.05) is 66.7 Å². The molecule has 2 aromatic rings. The molecule has 7 rings (SSSR count). The fourth-order valence-electron chi connectivity index (χ4n) is 12.4. The maximum Gasteiger partial charge on any atom is 0.309 e. The number of H-pyrrole nitrogens is 1. The summed E-state index contributed by atoms with van der Waals surface area (Å²) >= 11 is 0. The number of aromatic nitrogens is 1. The number of fused-ring (bicyclic) bond motifs is 1. The predicted molar refractivity (Wildman–Crippen MR) is 232 cm³/mol. The quantitative estimate of drug-likeness (QED) is 0.140. The summed E-state index contributed by atoms with van der Waals surface area (Å²) in [6.07, 6.45) is 4.98. The molecule has 5 aliphatic rings. The van der Waals surface area contributed by atoms with Crippen molar-refractivity contribution in [3.63, 3.8) is 0 Å². The third-order valence-electron chi connectivity index (χ3n) is 16.3. The number of ketones is 1. The topological polar surface area (TPSA) is 175 Å². The Balaban J connectivity index is 1.01. The van der Waals surface area contributed by atoms with Crippen LogP contribution >= 0.6 is 0 Å². The third-order valence-corrected chi connectivity index (χ3v) is 16.3. The Kier molecular flexibility index (Phi) is 14.1. The summed E-state index contributed by atoms with van der Waals surface area (Å²) in [5.74, 6) is -4.79. The van der Waals surface area contributed by atoms with E-state index in [4.69, 9.17) is 33.2 Å². The molecular weight excluding hydrogens is 795 g/mol. The number of aromatic amines is 1. The summed E-state index contributed by atoms with van der Waals surface area (Å²) in [6, 6.07) is 7.89. The summed E-state index contributed by atoms with van der Waals surface area (Å²) in [7, 11) is 2.95. The van der Waals surface area contributed by atoms with Gasteiger partial charge in [-0.05, 0) is 75.3 Å². The lowest BCUT2D eigenvalue weighted by molar-refractivity contribution is -0.336. The standard InChI is InChI=1S/C49H75NO12/c1-11-47(44-28(3)21-39(58-44)41-27(2)20-29(4)49(55,26-51)61-41)17-16-40(59-47)46(8)18-19-48(62-46)24-38(53)31(6)43(60-48)32(7)42(56-9)30(5)37(52)23-33(45(54)57-10)22-34-25-50-36-15-13-12-14-35(34)36/h12-15,25,27-33,38-44,50-51,53,55H,11,16-24,26H2,1-10H3/t27?,28?,29?,30?,31?,32?,33-,38?,39?,40?,41?,42?,43?,44?,46?,47?,48?,49?/m0/s1. The van der Waals surface area contributed by atoms with Crippen LogP contribution < -0.4 is 0 Å². The van der Waals surface area contributed by atoms with Gasteiger partial charge in [0.1, 0.15) is 5.78 Å². The average molecular weight is 870 g/mol. The highest BCUT2D eigenvalue weighted by atomic mass is 16.7. The van der Waals surface area contributed by atoms with E-state index >= 15 is 0 Å². The first kappa shape index (κ1) is 47.5. The number of nitrogens with one attached hydrogen (secondary N) is 1. The maximum atomic E-state index is 14.1. The van der Waals surface area contributed by atoms with Gasteiger partial charge in [-0.15, -0.1) is 0 Å². The van der Waals surface area contributed by atoms with Gasteiger partial charge in [-0.3, -0.25) is 9.59 Å². The predicted octanol–water partition coefficient (Wildman–Crippen LogP) is 6.66. The van der Waals surface area contributed by atoms with Crippen molar-refractivity contribution in [1.29, 1.82) is 0 Å². The summed E-state index contributed by atoms with van der Waals surface area (Å²) in [5.41, 5.74) is 0.703. The highest BCUT2D eigenvalue weighted by molar-refractivity contribution is 5.88. The molecule has 5 saturated heterocycles. The molecule has 0 bridgehead atoms. The van der Waals surface area contributed by atoms with Crippen LogP contribution in [0.15, 0.2) is 30.5 Å². The molecule has 0 saturated carbocycles. The van der Waals surface area contributed by atoms with Crippen LogP contribution in [-0.2, 0) is 49.2 Å². The van der Waals surface area contributed by atoms with Crippen molar-refractivity contribution in [1.82, 2.24) is 4.98 Å². The van der Waals surface area contributed by atoms with E-state index in [9.17, 15) is 24.9 Å². The molecule has 13 heteroatoms. The number of aliphatic hydroxyl groups excluding tert-OH is 2. The Morgan fingerprint density at radius 2 is 1.74 bits per heavy atom. The van der Waals surface area contributed by atoms with Crippen LogP contribution in [0, 0.1) is 41.4 Å². The highest BCUT2D eigenvalue weighted by Crippen LogP contribution is 2.55. The normalized spacial score (nSPS) is 42.0. The first-order valence-electron chi connectivity index (χ1n) is 23.4. The monoisotopic (exact) mass is 870 g/mol. The number of benzene rings is 1. The Bertz CT molecular complexity index is 1870. The highest BCUT2D eigenvalue weighted by Gasteiger charge is 2.62. The molecule has 348 valence electrons. The lowest BCUT2D eigenvalue weighted by Gasteiger charge is -2.49. The van der Waals surface area contributed by atoms with Gasteiger partial charge in [0, 0.05) is 67.1 Å². The second-order valence-electron chi connectivity index (χ2n) is 20.4.